The van der Waals surface area contributed by atoms with E-state index in [9.17, 15) is 19.1 Å². The first-order chi connectivity index (χ1) is 17.0. The zero-order chi connectivity index (χ0) is 24.3. The number of aromatic nitrogens is 1. The summed E-state index contributed by atoms with van der Waals surface area (Å²) < 4.78 is 37.3. The molecule has 35 heavy (non-hydrogen) atoms. The SMILES string of the molecule is O=C1c2c(O)c(=O)ccn2N2CN1C/C=C/COc1cc(F)c(F)c3c1[C@H]2c1ccccc1SC3. The van der Waals surface area contributed by atoms with E-state index >= 15 is 4.39 Å². The third-order valence-corrected chi connectivity index (χ3v) is 7.56. The highest BCUT2D eigenvalue weighted by molar-refractivity contribution is 7.98. The van der Waals surface area contributed by atoms with Gasteiger partial charge in [-0.2, -0.15) is 0 Å². The maximum Gasteiger partial charge on any atom is 0.278 e. The van der Waals surface area contributed by atoms with Crippen molar-refractivity contribution in [3.8, 4) is 11.5 Å². The molecule has 4 heterocycles. The van der Waals surface area contributed by atoms with E-state index in [1.807, 2.05) is 24.3 Å². The van der Waals surface area contributed by atoms with Gasteiger partial charge in [-0.15, -0.1) is 11.8 Å². The molecule has 2 aromatic carbocycles. The topological polar surface area (TPSA) is 75.0 Å². The van der Waals surface area contributed by atoms with Crippen molar-refractivity contribution in [1.29, 1.82) is 0 Å². The van der Waals surface area contributed by atoms with Crippen molar-refractivity contribution in [2.75, 3.05) is 24.8 Å². The average Bonchev–Trinajstić information content (AvgIpc) is 3.03. The molecule has 0 spiro atoms. The van der Waals surface area contributed by atoms with Crippen LogP contribution in [0.3, 0.4) is 0 Å². The van der Waals surface area contributed by atoms with Gasteiger partial charge in [0.05, 0.1) is 0 Å². The lowest BCUT2D eigenvalue weighted by Gasteiger charge is -2.44. The number of benzene rings is 2. The fourth-order valence-electron chi connectivity index (χ4n) is 4.82. The van der Waals surface area contributed by atoms with E-state index in [-0.39, 0.29) is 42.6 Å². The number of aromatic hydroxyl groups is 1. The van der Waals surface area contributed by atoms with Crippen LogP contribution in [0.15, 0.2) is 64.4 Å². The molecule has 6 rings (SSSR count). The van der Waals surface area contributed by atoms with Crippen LogP contribution < -0.4 is 15.2 Å². The van der Waals surface area contributed by atoms with Crippen LogP contribution in [0, 0.1) is 11.6 Å². The van der Waals surface area contributed by atoms with Gasteiger partial charge in [-0.05, 0) is 17.7 Å². The molecule has 1 atom stereocenters. The highest BCUT2D eigenvalue weighted by Crippen LogP contribution is 2.47. The quantitative estimate of drug-likeness (QED) is 0.481. The van der Waals surface area contributed by atoms with Gasteiger partial charge < -0.3 is 14.7 Å². The first-order valence-electron chi connectivity index (χ1n) is 11.0. The number of fused-ring (bicyclic) bond motifs is 7. The molecule has 0 fully saturated rings. The summed E-state index contributed by atoms with van der Waals surface area (Å²) in [5.74, 6) is -2.75. The third kappa shape index (κ3) is 3.31. The number of ether oxygens (including phenoxy) is 1. The van der Waals surface area contributed by atoms with Crippen molar-refractivity contribution < 1.29 is 23.4 Å². The second-order valence-electron chi connectivity index (χ2n) is 8.40. The van der Waals surface area contributed by atoms with Gasteiger partial charge in [-0.1, -0.05) is 24.3 Å². The van der Waals surface area contributed by atoms with Crippen LogP contribution in [0.4, 0.5) is 8.78 Å². The molecule has 7 nitrogen and oxygen atoms in total. The molecule has 178 valence electrons. The Bertz CT molecular complexity index is 1470. The monoisotopic (exact) mass is 495 g/mol. The Kier molecular flexibility index (Phi) is 5.06. The van der Waals surface area contributed by atoms with E-state index in [1.54, 1.807) is 17.2 Å². The minimum absolute atomic E-state index is 0.0695. The Balaban J connectivity index is 1.71. The predicted molar refractivity (Wildman–Crippen MR) is 125 cm³/mol. The van der Waals surface area contributed by atoms with E-state index in [1.165, 1.54) is 33.6 Å². The van der Waals surface area contributed by atoms with Gasteiger partial charge in [0, 0.05) is 46.6 Å². The number of carbonyl (C=O) groups is 1. The number of amides is 1. The number of carbonyl (C=O) groups excluding carboxylic acids is 1. The van der Waals surface area contributed by atoms with Crippen molar-refractivity contribution in [1.82, 2.24) is 9.58 Å². The zero-order valence-corrected chi connectivity index (χ0v) is 19.1. The summed E-state index contributed by atoms with van der Waals surface area (Å²) >= 11 is 1.39. The number of hydrogen-bond acceptors (Lipinski definition) is 6. The van der Waals surface area contributed by atoms with Crippen LogP contribution in [-0.4, -0.2) is 40.4 Å². The smallest absolute Gasteiger partial charge is 0.278 e. The van der Waals surface area contributed by atoms with E-state index in [0.717, 1.165) is 16.5 Å². The molecule has 3 aliphatic heterocycles. The Labute approximate surface area is 202 Å². The lowest BCUT2D eigenvalue weighted by Crippen LogP contribution is -2.55. The third-order valence-electron chi connectivity index (χ3n) is 6.44. The Morgan fingerprint density at radius 1 is 1.11 bits per heavy atom. The van der Waals surface area contributed by atoms with E-state index in [4.69, 9.17) is 4.74 Å². The lowest BCUT2D eigenvalue weighted by molar-refractivity contribution is 0.0701. The highest BCUT2D eigenvalue weighted by atomic mass is 32.2. The number of nitrogens with zero attached hydrogens (tertiary/aromatic N) is 3. The normalized spacial score (nSPS) is 19.5. The van der Waals surface area contributed by atoms with Crippen LogP contribution in [0.2, 0.25) is 0 Å². The van der Waals surface area contributed by atoms with Crippen LogP contribution in [-0.2, 0) is 5.75 Å². The zero-order valence-electron chi connectivity index (χ0n) is 18.3. The van der Waals surface area contributed by atoms with E-state index in [0.29, 0.717) is 5.56 Å². The summed E-state index contributed by atoms with van der Waals surface area (Å²) in [6.07, 6.45) is 4.83. The van der Waals surface area contributed by atoms with Crippen LogP contribution >= 0.6 is 11.8 Å². The molecule has 1 amide bonds. The molecule has 10 heteroatoms. The highest BCUT2D eigenvalue weighted by Gasteiger charge is 2.40. The van der Waals surface area contributed by atoms with Gasteiger partial charge in [0.25, 0.3) is 5.91 Å². The molecule has 0 radical (unpaired) electrons. The number of pyridine rings is 1. The van der Waals surface area contributed by atoms with Crippen molar-refractivity contribution in [2.45, 2.75) is 16.7 Å². The summed E-state index contributed by atoms with van der Waals surface area (Å²) in [5.41, 5.74) is 0.551. The molecule has 1 aromatic heterocycles. The van der Waals surface area contributed by atoms with E-state index < -0.39 is 34.8 Å². The number of hydrogen-bond donors (Lipinski definition) is 1. The fraction of sp³-hybridized carbons (Fsp3) is 0.200. The maximum atomic E-state index is 15.3. The minimum Gasteiger partial charge on any atom is -0.502 e. The van der Waals surface area contributed by atoms with Gasteiger partial charge in [-0.3, -0.25) is 19.3 Å². The summed E-state index contributed by atoms with van der Waals surface area (Å²) in [6.45, 7) is 0.355. The summed E-state index contributed by atoms with van der Waals surface area (Å²) in [4.78, 5) is 27.9. The first kappa shape index (κ1) is 21.7. The Morgan fingerprint density at radius 2 is 1.94 bits per heavy atom. The molecule has 0 saturated heterocycles. The van der Waals surface area contributed by atoms with Crippen LogP contribution in [0.5, 0.6) is 11.5 Å². The largest absolute Gasteiger partial charge is 0.502 e. The minimum atomic E-state index is -1.000. The summed E-state index contributed by atoms with van der Waals surface area (Å²) in [7, 11) is 0. The molecule has 1 N–H and O–H groups in total. The van der Waals surface area contributed by atoms with Gasteiger partial charge in [0.15, 0.2) is 23.1 Å². The lowest BCUT2D eigenvalue weighted by atomic mass is 9.92. The van der Waals surface area contributed by atoms with Gasteiger partial charge in [0.2, 0.25) is 5.43 Å². The number of halogens is 2. The molecule has 0 saturated carbocycles. The van der Waals surface area contributed by atoms with Gasteiger partial charge >= 0.3 is 0 Å². The molecule has 3 aliphatic rings. The van der Waals surface area contributed by atoms with Crippen molar-refractivity contribution >= 4 is 17.7 Å². The molecule has 2 bridgehead atoms. The van der Waals surface area contributed by atoms with Gasteiger partial charge in [-0.25, -0.2) is 8.78 Å². The van der Waals surface area contributed by atoms with Crippen molar-refractivity contribution in [3.05, 3.63) is 99.0 Å². The Morgan fingerprint density at radius 3 is 2.80 bits per heavy atom. The standard InChI is InChI=1S/C25H19F2N3O4S/c26-16-11-18-20-15(21(16)27)12-35-19-6-2-1-5-14(19)22(20)30-13-28(8-3-4-10-34-18)25(33)23-24(32)17(31)7-9-29(23)30/h1-7,9,11,22,32H,8,10,12-13H2/b4-3+/t22-/m1/s1. The van der Waals surface area contributed by atoms with Crippen LogP contribution in [0.25, 0.3) is 0 Å². The van der Waals surface area contributed by atoms with Crippen molar-refractivity contribution in [3.63, 3.8) is 0 Å². The molecule has 0 aliphatic carbocycles. The fourth-order valence-corrected chi connectivity index (χ4v) is 5.93. The van der Waals surface area contributed by atoms with Gasteiger partial charge in [0.1, 0.15) is 25.1 Å². The maximum absolute atomic E-state index is 15.3. The molecule has 3 aromatic rings. The molecular weight excluding hydrogens is 476 g/mol. The number of thioether (sulfide) groups is 1. The summed E-state index contributed by atoms with van der Waals surface area (Å²) in [5, 5.41) is 12.4. The second-order valence-corrected chi connectivity index (χ2v) is 9.42. The molecular formula is C25H19F2N3O4S. The molecule has 0 unspecified atom stereocenters. The average molecular weight is 496 g/mol. The van der Waals surface area contributed by atoms with Crippen LogP contribution in [0.1, 0.15) is 33.2 Å². The summed E-state index contributed by atoms with van der Waals surface area (Å²) in [6, 6.07) is 9.05. The van der Waals surface area contributed by atoms with E-state index in [2.05, 4.69) is 0 Å². The van der Waals surface area contributed by atoms with Crippen molar-refractivity contribution in [2.24, 2.45) is 0 Å². The Hall–Kier alpha value is -3.79. The second kappa shape index (κ2) is 8.16. The first-order valence-corrected chi connectivity index (χ1v) is 12.0. The predicted octanol–water partition coefficient (Wildman–Crippen LogP) is 3.53. The number of rotatable bonds is 0.